The standard InChI is InChI=1S/C31H48NO3/c1-6-9-10-11-12-13-17-22-27-23-18-19-24-29(27)34-30(8-3)35-31(33)28(7-2)32(4,5)25-26-20-15-14-16-21-26/h14-16,18-21,23-24,28,30H,6-13,17,22,25H2,1-5H3/q+1. The molecule has 4 nitrogen and oxygen atoms in total. The number of ether oxygens (including phenoxy) is 2. The molecule has 0 aliphatic carbocycles. The zero-order valence-corrected chi connectivity index (χ0v) is 22.8. The minimum absolute atomic E-state index is 0.190. The van der Waals surface area contributed by atoms with Gasteiger partial charge in [0.15, 0.2) is 6.04 Å². The lowest BCUT2D eigenvalue weighted by Crippen LogP contribution is -2.53. The van der Waals surface area contributed by atoms with Gasteiger partial charge in [-0.05, 0) is 24.5 Å². The molecule has 0 spiro atoms. The quantitative estimate of drug-likeness (QED) is 0.100. The molecule has 0 amide bonds. The highest BCUT2D eigenvalue weighted by molar-refractivity contribution is 5.74. The number of likely N-dealkylation sites (N-methyl/N-ethyl adjacent to an activating group) is 1. The van der Waals surface area contributed by atoms with Crippen LogP contribution >= 0.6 is 0 Å². The van der Waals surface area contributed by atoms with E-state index in [1.54, 1.807) is 0 Å². The number of hydrogen-bond donors (Lipinski definition) is 0. The summed E-state index contributed by atoms with van der Waals surface area (Å²) >= 11 is 0. The number of aryl methyl sites for hydroxylation is 1. The molecule has 4 heteroatoms. The lowest BCUT2D eigenvalue weighted by atomic mass is 10.0. The van der Waals surface area contributed by atoms with Gasteiger partial charge < -0.3 is 14.0 Å². The highest BCUT2D eigenvalue weighted by Crippen LogP contribution is 2.24. The zero-order valence-electron chi connectivity index (χ0n) is 22.8. The number of esters is 1. The molecule has 0 N–H and O–H groups in total. The highest BCUT2D eigenvalue weighted by atomic mass is 16.7. The van der Waals surface area contributed by atoms with Crippen LogP contribution in [0.3, 0.4) is 0 Å². The molecule has 0 aromatic heterocycles. The molecule has 0 heterocycles. The first-order chi connectivity index (χ1) is 16.9. The molecule has 2 atom stereocenters. The molecular weight excluding hydrogens is 434 g/mol. The molecule has 194 valence electrons. The van der Waals surface area contributed by atoms with E-state index in [2.05, 4.69) is 52.2 Å². The van der Waals surface area contributed by atoms with Crippen LogP contribution in [0.2, 0.25) is 0 Å². The summed E-state index contributed by atoms with van der Waals surface area (Å²) in [6, 6.07) is 18.3. The van der Waals surface area contributed by atoms with Gasteiger partial charge in [-0.1, -0.05) is 108 Å². The average molecular weight is 483 g/mol. The van der Waals surface area contributed by atoms with Crippen molar-refractivity contribution in [2.75, 3.05) is 14.1 Å². The Morgan fingerprint density at radius 2 is 1.43 bits per heavy atom. The van der Waals surface area contributed by atoms with Gasteiger partial charge >= 0.3 is 5.97 Å². The topological polar surface area (TPSA) is 35.5 Å². The van der Waals surface area contributed by atoms with Gasteiger partial charge in [-0.3, -0.25) is 0 Å². The molecule has 0 radical (unpaired) electrons. The van der Waals surface area contributed by atoms with Gasteiger partial charge in [-0.2, -0.15) is 0 Å². The van der Waals surface area contributed by atoms with E-state index in [9.17, 15) is 4.79 Å². The first-order valence-electron chi connectivity index (χ1n) is 13.7. The van der Waals surface area contributed by atoms with Crippen molar-refractivity contribution in [3.05, 3.63) is 65.7 Å². The number of hydrogen-bond acceptors (Lipinski definition) is 3. The Kier molecular flexibility index (Phi) is 12.9. The van der Waals surface area contributed by atoms with Gasteiger partial charge in [0.1, 0.15) is 12.3 Å². The number of unbranched alkanes of at least 4 members (excludes halogenated alkanes) is 6. The number of nitrogens with zero attached hydrogens (tertiary/aromatic N) is 1. The molecule has 2 rings (SSSR count). The first-order valence-corrected chi connectivity index (χ1v) is 13.7. The molecule has 0 bridgehead atoms. The minimum atomic E-state index is -0.580. The fourth-order valence-electron chi connectivity index (χ4n) is 4.75. The predicted molar refractivity (Wildman–Crippen MR) is 145 cm³/mol. The van der Waals surface area contributed by atoms with Crippen LogP contribution in [-0.2, 0) is 22.5 Å². The van der Waals surface area contributed by atoms with Gasteiger partial charge in [-0.15, -0.1) is 0 Å². The van der Waals surface area contributed by atoms with Gasteiger partial charge in [0.05, 0.1) is 14.1 Å². The molecule has 0 aliphatic rings. The zero-order chi connectivity index (χ0) is 25.5. The van der Waals surface area contributed by atoms with Crippen LogP contribution in [0.5, 0.6) is 5.75 Å². The summed E-state index contributed by atoms with van der Waals surface area (Å²) in [5, 5.41) is 0. The van der Waals surface area contributed by atoms with E-state index in [-0.39, 0.29) is 12.0 Å². The summed E-state index contributed by atoms with van der Waals surface area (Å²) in [6.45, 7) is 7.08. The number of carbonyl (C=O) groups is 1. The molecule has 2 aromatic carbocycles. The molecular formula is C31H48NO3+. The van der Waals surface area contributed by atoms with Crippen molar-refractivity contribution in [2.45, 2.75) is 104 Å². The average Bonchev–Trinajstić information content (AvgIpc) is 2.84. The summed E-state index contributed by atoms with van der Waals surface area (Å²) < 4.78 is 12.7. The second kappa shape index (κ2) is 15.6. The third-order valence-electron chi connectivity index (χ3n) is 6.80. The molecule has 0 aliphatic heterocycles. The number of carbonyl (C=O) groups excluding carboxylic acids is 1. The van der Waals surface area contributed by atoms with Crippen molar-refractivity contribution < 1.29 is 18.8 Å². The van der Waals surface area contributed by atoms with E-state index in [1.807, 2.05) is 37.3 Å². The predicted octanol–water partition coefficient (Wildman–Crippen LogP) is 7.69. The SMILES string of the molecule is CCCCCCCCCc1ccccc1OC(CC)OC(=O)C(CC)[N+](C)(C)Cc1ccccc1. The maximum absolute atomic E-state index is 13.3. The fraction of sp³-hybridized carbons (Fsp3) is 0.581. The van der Waals surface area contributed by atoms with E-state index >= 15 is 0 Å². The fourth-order valence-corrected chi connectivity index (χ4v) is 4.75. The molecule has 0 saturated heterocycles. The number of rotatable bonds is 17. The first kappa shape index (κ1) is 28.9. The monoisotopic (exact) mass is 482 g/mol. The van der Waals surface area contributed by atoms with Crippen LogP contribution in [0, 0.1) is 0 Å². The Labute approximate surface area is 214 Å². The molecule has 2 aromatic rings. The van der Waals surface area contributed by atoms with Crippen LogP contribution in [0.1, 0.15) is 89.7 Å². The van der Waals surface area contributed by atoms with Gasteiger partial charge in [-0.25, -0.2) is 4.79 Å². The summed E-state index contributed by atoms with van der Waals surface area (Å²) in [5.41, 5.74) is 2.41. The number of para-hydroxylation sites is 1. The Morgan fingerprint density at radius 3 is 2.09 bits per heavy atom. The van der Waals surface area contributed by atoms with E-state index in [0.717, 1.165) is 25.1 Å². The summed E-state index contributed by atoms with van der Waals surface area (Å²) in [6.07, 6.45) is 10.7. The maximum atomic E-state index is 13.3. The third-order valence-corrected chi connectivity index (χ3v) is 6.80. The maximum Gasteiger partial charge on any atom is 0.368 e. The minimum Gasteiger partial charge on any atom is -0.455 e. The van der Waals surface area contributed by atoms with Crippen LogP contribution in [-0.4, -0.2) is 36.9 Å². The Morgan fingerprint density at radius 1 is 0.800 bits per heavy atom. The molecule has 35 heavy (non-hydrogen) atoms. The van der Waals surface area contributed by atoms with E-state index in [4.69, 9.17) is 9.47 Å². The van der Waals surface area contributed by atoms with Crippen LogP contribution < -0.4 is 4.74 Å². The van der Waals surface area contributed by atoms with Crippen molar-refractivity contribution in [1.29, 1.82) is 0 Å². The molecule has 0 fully saturated rings. The summed E-state index contributed by atoms with van der Waals surface area (Å²) in [5.74, 6) is 0.647. The van der Waals surface area contributed by atoms with E-state index in [1.165, 1.54) is 49.7 Å². The van der Waals surface area contributed by atoms with Crippen molar-refractivity contribution in [2.24, 2.45) is 0 Å². The lowest BCUT2D eigenvalue weighted by molar-refractivity contribution is -0.919. The third kappa shape index (κ3) is 10.0. The Hall–Kier alpha value is -2.33. The van der Waals surface area contributed by atoms with E-state index < -0.39 is 6.29 Å². The summed E-state index contributed by atoms with van der Waals surface area (Å²) in [4.78, 5) is 13.3. The Balaban J connectivity index is 1.95. The lowest BCUT2D eigenvalue weighted by Gasteiger charge is -2.36. The van der Waals surface area contributed by atoms with Crippen molar-refractivity contribution in [3.8, 4) is 5.75 Å². The normalized spacial score (nSPS) is 13.3. The van der Waals surface area contributed by atoms with Gasteiger partial charge in [0.2, 0.25) is 6.29 Å². The number of benzene rings is 2. The van der Waals surface area contributed by atoms with Crippen molar-refractivity contribution >= 4 is 5.97 Å². The Bertz CT molecular complexity index is 849. The van der Waals surface area contributed by atoms with Crippen molar-refractivity contribution in [1.82, 2.24) is 0 Å². The summed E-state index contributed by atoms with van der Waals surface area (Å²) in [7, 11) is 4.20. The molecule has 2 unspecified atom stereocenters. The van der Waals surface area contributed by atoms with Crippen LogP contribution in [0.25, 0.3) is 0 Å². The van der Waals surface area contributed by atoms with Crippen molar-refractivity contribution in [3.63, 3.8) is 0 Å². The van der Waals surface area contributed by atoms with E-state index in [0.29, 0.717) is 17.3 Å². The smallest absolute Gasteiger partial charge is 0.368 e. The number of quaternary nitrogens is 1. The largest absolute Gasteiger partial charge is 0.455 e. The second-order valence-corrected chi connectivity index (χ2v) is 10.2. The highest BCUT2D eigenvalue weighted by Gasteiger charge is 2.36. The van der Waals surface area contributed by atoms with Crippen LogP contribution in [0.15, 0.2) is 54.6 Å². The second-order valence-electron chi connectivity index (χ2n) is 10.2. The van der Waals surface area contributed by atoms with Gasteiger partial charge in [0.25, 0.3) is 0 Å². The van der Waals surface area contributed by atoms with Gasteiger partial charge in [0, 0.05) is 18.4 Å². The molecule has 0 saturated carbocycles. The van der Waals surface area contributed by atoms with Crippen LogP contribution in [0.4, 0.5) is 0 Å².